The summed E-state index contributed by atoms with van der Waals surface area (Å²) in [7, 11) is 0. The molecule has 82 valence electrons. The zero-order valence-electron chi connectivity index (χ0n) is 9.19. The Bertz CT molecular complexity index is 562. The zero-order valence-corrected chi connectivity index (χ0v) is 9.19. The van der Waals surface area contributed by atoms with Crippen molar-refractivity contribution < 1.29 is 9.67 Å². The van der Waals surface area contributed by atoms with Gasteiger partial charge in [0.25, 0.3) is 17.1 Å². The molecule has 0 unspecified atom stereocenters. The van der Waals surface area contributed by atoms with Crippen LogP contribution in [0.3, 0.4) is 0 Å². The van der Waals surface area contributed by atoms with Crippen LogP contribution in [0.25, 0.3) is 5.69 Å². The van der Waals surface area contributed by atoms with E-state index in [4.69, 9.17) is 0 Å². The quantitative estimate of drug-likeness (QED) is 0.699. The topological polar surface area (TPSA) is 57.0 Å². The molecule has 2 aromatic rings. The van der Waals surface area contributed by atoms with Gasteiger partial charge in [-0.25, -0.2) is 0 Å². The van der Waals surface area contributed by atoms with Crippen molar-refractivity contribution in [1.82, 2.24) is 4.98 Å². The molecule has 0 fully saturated rings. The Labute approximate surface area is 92.8 Å². The fourth-order valence-corrected chi connectivity index (χ4v) is 1.72. The third kappa shape index (κ3) is 1.82. The number of pyridine rings is 2. The average Bonchev–Trinajstić information content (AvgIpc) is 2.15. The van der Waals surface area contributed by atoms with Crippen LogP contribution >= 0.6 is 0 Å². The smallest absolute Gasteiger partial charge is 0.274 e. The number of hydrogen-bond acceptors (Lipinski definition) is 2. The molecule has 2 heterocycles. The van der Waals surface area contributed by atoms with Crippen molar-refractivity contribution in [2.45, 2.75) is 13.8 Å². The molecular weight excluding hydrogens is 204 g/mol. The molecular formula is C12H13N2O2+. The van der Waals surface area contributed by atoms with Gasteiger partial charge in [-0.05, 0) is 19.9 Å². The number of H-pyrrole nitrogens is 1. The van der Waals surface area contributed by atoms with Crippen LogP contribution in [0.1, 0.15) is 11.1 Å². The molecule has 0 atom stereocenters. The highest BCUT2D eigenvalue weighted by atomic mass is 16.3. The highest BCUT2D eigenvalue weighted by Gasteiger charge is 2.16. The number of aryl methyl sites for hydroxylation is 2. The third-order valence-corrected chi connectivity index (χ3v) is 2.39. The van der Waals surface area contributed by atoms with Crippen LogP contribution in [0.15, 0.2) is 35.4 Å². The van der Waals surface area contributed by atoms with Gasteiger partial charge in [0, 0.05) is 23.3 Å². The minimum absolute atomic E-state index is 0.111. The van der Waals surface area contributed by atoms with Gasteiger partial charge in [-0.15, -0.1) is 0 Å². The minimum Gasteiger partial charge on any atom is -0.490 e. The predicted octanol–water partition coefficient (Wildman–Crippen LogP) is 0.974. The first-order chi connectivity index (χ1) is 7.58. The first-order valence-corrected chi connectivity index (χ1v) is 4.99. The highest BCUT2D eigenvalue weighted by Crippen LogP contribution is 2.14. The van der Waals surface area contributed by atoms with Gasteiger partial charge in [0.1, 0.15) is 0 Å². The largest absolute Gasteiger partial charge is 0.490 e. The summed E-state index contributed by atoms with van der Waals surface area (Å²) >= 11 is 0. The highest BCUT2D eigenvalue weighted by molar-refractivity contribution is 5.39. The van der Waals surface area contributed by atoms with Crippen molar-refractivity contribution >= 4 is 0 Å². The molecule has 0 aliphatic rings. The van der Waals surface area contributed by atoms with E-state index < -0.39 is 0 Å². The second-order valence-corrected chi connectivity index (χ2v) is 3.80. The van der Waals surface area contributed by atoms with Gasteiger partial charge >= 0.3 is 0 Å². The summed E-state index contributed by atoms with van der Waals surface area (Å²) in [6.45, 7) is 3.76. The van der Waals surface area contributed by atoms with Crippen LogP contribution in [-0.2, 0) is 0 Å². The number of rotatable bonds is 1. The molecule has 0 spiro atoms. The lowest BCUT2D eigenvalue weighted by molar-refractivity contribution is -0.597. The Balaban J connectivity index is 2.69. The second kappa shape index (κ2) is 3.81. The summed E-state index contributed by atoms with van der Waals surface area (Å²) < 4.78 is 1.79. The summed E-state index contributed by atoms with van der Waals surface area (Å²) in [5.41, 5.74) is 2.11. The summed E-state index contributed by atoms with van der Waals surface area (Å²) in [6, 6.07) is 5.32. The standard InChI is InChI=1S/C12H12N2O2/c1-8-4-3-5-14(7-8)11-9(2)6-10(15)13-12(11)16/h3-7H,1-2H3,(H-,13,15,16)/p+1. The Morgan fingerprint density at radius 1 is 1.38 bits per heavy atom. The fraction of sp³-hybridized carbons (Fsp3) is 0.167. The molecule has 0 bridgehead atoms. The van der Waals surface area contributed by atoms with E-state index in [9.17, 15) is 9.90 Å². The van der Waals surface area contributed by atoms with Gasteiger partial charge in [-0.1, -0.05) is 0 Å². The van der Waals surface area contributed by atoms with E-state index in [1.807, 2.05) is 31.5 Å². The van der Waals surface area contributed by atoms with Crippen molar-refractivity contribution in [3.05, 3.63) is 52.1 Å². The summed E-state index contributed by atoms with van der Waals surface area (Å²) in [6.07, 6.45) is 3.72. The van der Waals surface area contributed by atoms with E-state index in [-0.39, 0.29) is 11.4 Å². The summed E-state index contributed by atoms with van der Waals surface area (Å²) in [4.78, 5) is 13.5. The monoisotopic (exact) mass is 217 g/mol. The third-order valence-electron chi connectivity index (χ3n) is 2.39. The van der Waals surface area contributed by atoms with Gasteiger partial charge in [0.15, 0.2) is 12.4 Å². The molecule has 0 saturated carbocycles. The van der Waals surface area contributed by atoms with Crippen molar-refractivity contribution in [2.24, 2.45) is 0 Å². The van der Waals surface area contributed by atoms with Gasteiger partial charge in [-0.3, -0.25) is 9.78 Å². The number of aromatic amines is 1. The van der Waals surface area contributed by atoms with Crippen molar-refractivity contribution in [1.29, 1.82) is 0 Å². The lowest BCUT2D eigenvalue weighted by atomic mass is 10.2. The van der Waals surface area contributed by atoms with Crippen molar-refractivity contribution in [2.75, 3.05) is 0 Å². The van der Waals surface area contributed by atoms with Crippen LogP contribution in [0, 0.1) is 13.8 Å². The molecule has 0 aromatic carbocycles. The van der Waals surface area contributed by atoms with Gasteiger partial charge in [0.05, 0.1) is 0 Å². The van der Waals surface area contributed by atoms with Crippen LogP contribution < -0.4 is 10.1 Å². The maximum Gasteiger partial charge on any atom is 0.274 e. The number of aromatic hydroxyl groups is 1. The molecule has 4 heteroatoms. The first kappa shape index (κ1) is 10.4. The van der Waals surface area contributed by atoms with E-state index in [1.165, 1.54) is 6.07 Å². The summed E-state index contributed by atoms with van der Waals surface area (Å²) in [5, 5.41) is 9.74. The van der Waals surface area contributed by atoms with Crippen LogP contribution in [-0.4, -0.2) is 10.1 Å². The van der Waals surface area contributed by atoms with E-state index in [0.29, 0.717) is 5.69 Å². The van der Waals surface area contributed by atoms with E-state index in [0.717, 1.165) is 11.1 Å². The number of aromatic nitrogens is 2. The normalized spacial score (nSPS) is 10.4. The molecule has 2 N–H and O–H groups in total. The molecule has 2 aromatic heterocycles. The summed E-state index contributed by atoms with van der Waals surface area (Å²) in [5.74, 6) is -0.111. The Morgan fingerprint density at radius 2 is 2.12 bits per heavy atom. The maximum atomic E-state index is 11.1. The number of hydrogen-bond donors (Lipinski definition) is 2. The van der Waals surface area contributed by atoms with Gasteiger partial charge < -0.3 is 5.11 Å². The minimum atomic E-state index is -0.299. The van der Waals surface area contributed by atoms with Crippen LogP contribution in [0.2, 0.25) is 0 Å². The Morgan fingerprint density at radius 3 is 2.75 bits per heavy atom. The Hall–Kier alpha value is -2.10. The van der Waals surface area contributed by atoms with Gasteiger partial charge in [-0.2, -0.15) is 4.57 Å². The van der Waals surface area contributed by atoms with E-state index in [2.05, 4.69) is 4.98 Å². The fourth-order valence-electron chi connectivity index (χ4n) is 1.72. The number of nitrogens with one attached hydrogen (secondary N) is 1. The van der Waals surface area contributed by atoms with Crippen LogP contribution in [0.5, 0.6) is 5.88 Å². The van der Waals surface area contributed by atoms with Gasteiger partial charge in [0.2, 0.25) is 0 Å². The number of nitrogens with zero attached hydrogens (tertiary/aromatic N) is 1. The van der Waals surface area contributed by atoms with E-state index >= 15 is 0 Å². The zero-order chi connectivity index (χ0) is 11.7. The lowest BCUT2D eigenvalue weighted by Gasteiger charge is -2.02. The predicted molar refractivity (Wildman–Crippen MR) is 59.7 cm³/mol. The van der Waals surface area contributed by atoms with Crippen molar-refractivity contribution in [3.63, 3.8) is 0 Å². The second-order valence-electron chi connectivity index (χ2n) is 3.80. The molecule has 4 nitrogen and oxygen atoms in total. The van der Waals surface area contributed by atoms with Crippen molar-refractivity contribution in [3.8, 4) is 11.6 Å². The average molecular weight is 217 g/mol. The molecule has 0 aliphatic heterocycles. The van der Waals surface area contributed by atoms with Crippen LogP contribution in [0.4, 0.5) is 0 Å². The molecule has 16 heavy (non-hydrogen) atoms. The van der Waals surface area contributed by atoms with E-state index in [1.54, 1.807) is 11.5 Å². The molecule has 0 aliphatic carbocycles. The maximum absolute atomic E-state index is 11.1. The Kier molecular flexibility index (Phi) is 2.48. The first-order valence-electron chi connectivity index (χ1n) is 4.99. The molecule has 0 radical (unpaired) electrons. The molecule has 0 saturated heterocycles. The molecule has 2 rings (SSSR count). The molecule has 0 amide bonds. The SMILES string of the molecule is Cc1ccc[n+](-c2c(C)cc(=O)[nH]c2O)c1. The lowest BCUT2D eigenvalue weighted by Crippen LogP contribution is -2.32.